The number of nitrogens with zero attached hydrogens (tertiary/aromatic N) is 2. The molecule has 106 valence electrons. The van der Waals surface area contributed by atoms with Crippen LogP contribution in [0.25, 0.3) is 0 Å². The molecule has 1 heterocycles. The van der Waals surface area contributed by atoms with Crippen LogP contribution in [0.1, 0.15) is 25.3 Å². The monoisotopic (exact) mass is 272 g/mol. The Hall–Kier alpha value is -2.22. The predicted molar refractivity (Wildman–Crippen MR) is 79.2 cm³/mol. The minimum absolute atomic E-state index is 0.0263. The van der Waals surface area contributed by atoms with Crippen molar-refractivity contribution in [2.45, 2.75) is 19.8 Å². The van der Waals surface area contributed by atoms with E-state index < -0.39 is 0 Å². The second kappa shape index (κ2) is 6.29. The van der Waals surface area contributed by atoms with Gasteiger partial charge in [-0.1, -0.05) is 6.07 Å². The van der Waals surface area contributed by atoms with Crippen LogP contribution in [0.4, 0.5) is 11.4 Å². The summed E-state index contributed by atoms with van der Waals surface area (Å²) in [4.78, 5) is 13.1. The van der Waals surface area contributed by atoms with E-state index in [9.17, 15) is 4.79 Å². The van der Waals surface area contributed by atoms with Gasteiger partial charge < -0.3 is 16.0 Å². The smallest absolute Gasteiger partial charge is 0.216 e. The molecule has 1 amide bonds. The lowest BCUT2D eigenvalue weighted by atomic mass is 9.96. The first-order valence-electron chi connectivity index (χ1n) is 6.89. The first-order chi connectivity index (χ1) is 9.61. The Morgan fingerprint density at radius 3 is 2.80 bits per heavy atom. The van der Waals surface area contributed by atoms with Crippen LogP contribution >= 0.6 is 0 Å². The van der Waals surface area contributed by atoms with Crippen molar-refractivity contribution in [1.82, 2.24) is 5.32 Å². The van der Waals surface area contributed by atoms with E-state index in [1.165, 1.54) is 0 Å². The molecule has 5 heteroatoms. The number of nitrogen functional groups attached to an aromatic ring is 1. The van der Waals surface area contributed by atoms with E-state index >= 15 is 0 Å². The summed E-state index contributed by atoms with van der Waals surface area (Å²) in [6.07, 6.45) is 2.05. The topological polar surface area (TPSA) is 82.2 Å². The van der Waals surface area contributed by atoms with Crippen molar-refractivity contribution in [3.8, 4) is 6.07 Å². The Kier molecular flexibility index (Phi) is 4.46. The summed E-state index contributed by atoms with van der Waals surface area (Å²) in [5.41, 5.74) is 8.08. The van der Waals surface area contributed by atoms with E-state index in [0.29, 0.717) is 17.2 Å². The number of nitriles is 1. The summed E-state index contributed by atoms with van der Waals surface area (Å²) in [6.45, 7) is 4.10. The Morgan fingerprint density at radius 1 is 1.50 bits per heavy atom. The van der Waals surface area contributed by atoms with Crippen molar-refractivity contribution in [3.05, 3.63) is 23.8 Å². The molecule has 0 aliphatic carbocycles. The molecule has 20 heavy (non-hydrogen) atoms. The minimum atomic E-state index is 0.0263. The average Bonchev–Trinajstić information content (AvgIpc) is 2.46. The van der Waals surface area contributed by atoms with Gasteiger partial charge in [-0.05, 0) is 30.9 Å². The molecule has 0 aromatic heterocycles. The molecule has 5 nitrogen and oxygen atoms in total. The second-order valence-electron chi connectivity index (χ2n) is 5.22. The van der Waals surface area contributed by atoms with E-state index in [2.05, 4.69) is 16.3 Å². The SMILES string of the molecule is CC(=O)NCC1CCN(c2cccc(C#N)c2N)CC1. The molecule has 0 radical (unpaired) electrons. The molecule has 1 aliphatic heterocycles. The number of hydrogen-bond donors (Lipinski definition) is 2. The highest BCUT2D eigenvalue weighted by atomic mass is 16.1. The molecule has 1 fully saturated rings. The zero-order valence-corrected chi connectivity index (χ0v) is 11.7. The summed E-state index contributed by atoms with van der Waals surface area (Å²) in [5.74, 6) is 0.550. The van der Waals surface area contributed by atoms with Crippen molar-refractivity contribution in [2.24, 2.45) is 5.92 Å². The third-order valence-electron chi connectivity index (χ3n) is 3.80. The Morgan fingerprint density at radius 2 is 2.20 bits per heavy atom. The maximum atomic E-state index is 10.9. The minimum Gasteiger partial charge on any atom is -0.396 e. The van der Waals surface area contributed by atoms with Crippen molar-refractivity contribution in [1.29, 1.82) is 5.26 Å². The normalized spacial score (nSPS) is 15.7. The van der Waals surface area contributed by atoms with E-state index in [0.717, 1.165) is 38.2 Å². The third-order valence-corrected chi connectivity index (χ3v) is 3.80. The van der Waals surface area contributed by atoms with Gasteiger partial charge in [-0.2, -0.15) is 5.26 Å². The fraction of sp³-hybridized carbons (Fsp3) is 0.467. The standard InChI is InChI=1S/C15H20N4O/c1-11(20)18-10-12-5-7-19(8-6-12)14-4-2-3-13(9-16)15(14)17/h2-4,12H,5-8,10,17H2,1H3,(H,18,20). The van der Waals surface area contributed by atoms with Crippen molar-refractivity contribution < 1.29 is 4.79 Å². The fourth-order valence-electron chi connectivity index (χ4n) is 2.59. The number of carbonyl (C=O) groups is 1. The van der Waals surface area contributed by atoms with Crippen LogP contribution in [0.15, 0.2) is 18.2 Å². The molecule has 1 aromatic rings. The van der Waals surface area contributed by atoms with Crippen LogP contribution in [-0.4, -0.2) is 25.5 Å². The van der Waals surface area contributed by atoms with Gasteiger partial charge in [0.25, 0.3) is 0 Å². The Labute approximate surface area is 119 Å². The predicted octanol–water partition coefficient (Wildman–Crippen LogP) is 1.49. The first kappa shape index (κ1) is 14.2. The maximum Gasteiger partial charge on any atom is 0.216 e. The van der Waals surface area contributed by atoms with Crippen LogP contribution in [0, 0.1) is 17.2 Å². The van der Waals surface area contributed by atoms with E-state index in [1.807, 2.05) is 12.1 Å². The van der Waals surface area contributed by atoms with Gasteiger partial charge in [0.1, 0.15) is 6.07 Å². The highest BCUT2D eigenvalue weighted by molar-refractivity contribution is 5.74. The Balaban J connectivity index is 1.97. The van der Waals surface area contributed by atoms with Gasteiger partial charge >= 0.3 is 0 Å². The Bertz CT molecular complexity index is 527. The number of para-hydroxylation sites is 1. The lowest BCUT2D eigenvalue weighted by molar-refractivity contribution is -0.119. The summed E-state index contributed by atoms with van der Waals surface area (Å²) < 4.78 is 0. The number of rotatable bonds is 3. The number of nitrogens with one attached hydrogen (secondary N) is 1. The van der Waals surface area contributed by atoms with E-state index in [1.54, 1.807) is 13.0 Å². The highest BCUT2D eigenvalue weighted by Crippen LogP contribution is 2.29. The van der Waals surface area contributed by atoms with Crippen LogP contribution in [-0.2, 0) is 4.79 Å². The van der Waals surface area contributed by atoms with Gasteiger partial charge in [-0.3, -0.25) is 4.79 Å². The molecule has 3 N–H and O–H groups in total. The van der Waals surface area contributed by atoms with Gasteiger partial charge in [0, 0.05) is 26.6 Å². The second-order valence-corrected chi connectivity index (χ2v) is 5.22. The van der Waals surface area contributed by atoms with Gasteiger partial charge in [0.15, 0.2) is 0 Å². The van der Waals surface area contributed by atoms with Gasteiger partial charge in [-0.15, -0.1) is 0 Å². The van der Waals surface area contributed by atoms with Crippen LogP contribution in [0.2, 0.25) is 0 Å². The number of hydrogen-bond acceptors (Lipinski definition) is 4. The highest BCUT2D eigenvalue weighted by Gasteiger charge is 2.21. The van der Waals surface area contributed by atoms with Crippen LogP contribution in [0.5, 0.6) is 0 Å². The number of carbonyl (C=O) groups excluding carboxylic acids is 1. The number of anilines is 2. The third kappa shape index (κ3) is 3.21. The van der Waals surface area contributed by atoms with Gasteiger partial charge in [0.2, 0.25) is 5.91 Å². The molecular formula is C15H20N4O. The van der Waals surface area contributed by atoms with E-state index in [4.69, 9.17) is 11.0 Å². The lowest BCUT2D eigenvalue weighted by Gasteiger charge is -2.34. The average molecular weight is 272 g/mol. The molecule has 1 aromatic carbocycles. The van der Waals surface area contributed by atoms with Crippen molar-refractivity contribution in [2.75, 3.05) is 30.3 Å². The molecule has 0 saturated carbocycles. The lowest BCUT2D eigenvalue weighted by Crippen LogP contribution is -2.38. The number of nitrogens with two attached hydrogens (primary N) is 1. The fourth-order valence-corrected chi connectivity index (χ4v) is 2.59. The maximum absolute atomic E-state index is 10.9. The molecule has 2 rings (SSSR count). The number of piperidine rings is 1. The molecular weight excluding hydrogens is 252 g/mol. The van der Waals surface area contributed by atoms with Crippen molar-refractivity contribution >= 4 is 17.3 Å². The number of benzene rings is 1. The number of amides is 1. The zero-order valence-electron chi connectivity index (χ0n) is 11.7. The molecule has 1 saturated heterocycles. The van der Waals surface area contributed by atoms with Crippen molar-refractivity contribution in [3.63, 3.8) is 0 Å². The van der Waals surface area contributed by atoms with Crippen LogP contribution < -0.4 is 16.0 Å². The first-order valence-corrected chi connectivity index (χ1v) is 6.89. The summed E-state index contributed by atoms with van der Waals surface area (Å²) in [6, 6.07) is 7.69. The molecule has 1 aliphatic rings. The van der Waals surface area contributed by atoms with Gasteiger partial charge in [-0.25, -0.2) is 0 Å². The van der Waals surface area contributed by atoms with Gasteiger partial charge in [0.05, 0.1) is 16.9 Å². The zero-order chi connectivity index (χ0) is 14.5. The largest absolute Gasteiger partial charge is 0.396 e. The van der Waals surface area contributed by atoms with E-state index in [-0.39, 0.29) is 5.91 Å². The molecule has 0 atom stereocenters. The summed E-state index contributed by atoms with van der Waals surface area (Å²) >= 11 is 0. The molecule has 0 spiro atoms. The van der Waals surface area contributed by atoms with Crippen LogP contribution in [0.3, 0.4) is 0 Å². The molecule has 0 unspecified atom stereocenters. The summed E-state index contributed by atoms with van der Waals surface area (Å²) in [7, 11) is 0. The quantitative estimate of drug-likeness (QED) is 0.817. The molecule has 0 bridgehead atoms. The summed E-state index contributed by atoms with van der Waals surface area (Å²) in [5, 5.41) is 11.9.